The Balaban J connectivity index is 1.73. The molecule has 2 fully saturated rings. The molecule has 0 amide bonds. The van der Waals surface area contributed by atoms with Crippen molar-refractivity contribution in [3.05, 3.63) is 22.2 Å². The molecule has 1 aromatic carbocycles. The Morgan fingerprint density at radius 1 is 1.20 bits per heavy atom. The van der Waals surface area contributed by atoms with Crippen molar-refractivity contribution in [1.82, 2.24) is 0 Å². The Morgan fingerprint density at radius 2 is 1.90 bits per heavy atom. The number of nitrogen functional groups attached to an aromatic ring is 1. The zero-order valence-electron chi connectivity index (χ0n) is 11.3. The fraction of sp³-hybridized carbons (Fsp3) is 0.600. The molecule has 110 valence electrons. The van der Waals surface area contributed by atoms with Crippen LogP contribution in [0.25, 0.3) is 0 Å². The van der Waals surface area contributed by atoms with Crippen LogP contribution in [0, 0.1) is 0 Å². The van der Waals surface area contributed by atoms with E-state index in [1.54, 1.807) is 12.1 Å². The van der Waals surface area contributed by atoms with E-state index in [-0.39, 0.29) is 11.7 Å². The molecule has 1 spiro atoms. The number of rotatable bonds is 2. The SMILES string of the molecule is Nc1cc(Cl)c(Cl)cc1OC1CCOC2(CCCC2)C1. The summed E-state index contributed by atoms with van der Waals surface area (Å²) in [5, 5.41) is 0.925. The summed E-state index contributed by atoms with van der Waals surface area (Å²) in [6.07, 6.45) is 6.76. The molecule has 20 heavy (non-hydrogen) atoms. The van der Waals surface area contributed by atoms with Gasteiger partial charge in [-0.1, -0.05) is 36.0 Å². The van der Waals surface area contributed by atoms with E-state index in [1.807, 2.05) is 0 Å². The van der Waals surface area contributed by atoms with Gasteiger partial charge in [-0.25, -0.2) is 0 Å². The summed E-state index contributed by atoms with van der Waals surface area (Å²) < 4.78 is 12.1. The van der Waals surface area contributed by atoms with Crippen LogP contribution in [-0.4, -0.2) is 18.3 Å². The maximum atomic E-state index is 6.06. The molecule has 1 aliphatic carbocycles. The van der Waals surface area contributed by atoms with Gasteiger partial charge in [-0.15, -0.1) is 0 Å². The van der Waals surface area contributed by atoms with E-state index < -0.39 is 0 Å². The van der Waals surface area contributed by atoms with E-state index in [0.29, 0.717) is 21.5 Å². The van der Waals surface area contributed by atoms with Gasteiger partial charge in [0.2, 0.25) is 0 Å². The van der Waals surface area contributed by atoms with Crippen molar-refractivity contribution in [1.29, 1.82) is 0 Å². The Kier molecular flexibility index (Phi) is 4.02. The molecule has 1 heterocycles. The van der Waals surface area contributed by atoms with Gasteiger partial charge in [-0.3, -0.25) is 0 Å². The zero-order chi connectivity index (χ0) is 14.2. The van der Waals surface area contributed by atoms with E-state index in [9.17, 15) is 0 Å². The maximum Gasteiger partial charge on any atom is 0.144 e. The molecule has 1 saturated heterocycles. The molecule has 2 aliphatic rings. The van der Waals surface area contributed by atoms with Crippen molar-refractivity contribution in [2.45, 2.75) is 50.2 Å². The van der Waals surface area contributed by atoms with Gasteiger partial charge in [0.25, 0.3) is 0 Å². The van der Waals surface area contributed by atoms with Gasteiger partial charge in [0.05, 0.1) is 27.9 Å². The lowest BCUT2D eigenvalue weighted by Crippen LogP contribution is -2.41. The minimum atomic E-state index is 0.0356. The third-order valence-corrected chi connectivity index (χ3v) is 5.03. The fourth-order valence-corrected chi connectivity index (χ4v) is 3.60. The lowest BCUT2D eigenvalue weighted by molar-refractivity contribution is -0.108. The Labute approximate surface area is 129 Å². The average Bonchev–Trinajstić information content (AvgIpc) is 2.84. The van der Waals surface area contributed by atoms with Crippen molar-refractivity contribution >= 4 is 28.9 Å². The van der Waals surface area contributed by atoms with Crippen molar-refractivity contribution < 1.29 is 9.47 Å². The molecule has 3 nitrogen and oxygen atoms in total. The van der Waals surface area contributed by atoms with Crippen LogP contribution in [0.15, 0.2) is 12.1 Å². The van der Waals surface area contributed by atoms with Crippen molar-refractivity contribution in [3.63, 3.8) is 0 Å². The summed E-state index contributed by atoms with van der Waals surface area (Å²) in [5.74, 6) is 0.624. The molecular formula is C15H19Cl2NO2. The van der Waals surface area contributed by atoms with Gasteiger partial charge in [0.1, 0.15) is 11.9 Å². The number of ether oxygens (including phenoxy) is 2. The minimum absolute atomic E-state index is 0.0356. The molecule has 5 heteroatoms. The molecule has 0 radical (unpaired) electrons. The molecule has 1 atom stereocenters. The first-order chi connectivity index (χ1) is 9.58. The normalized spacial score (nSPS) is 25.0. The molecule has 3 rings (SSSR count). The van der Waals surface area contributed by atoms with Crippen molar-refractivity contribution in [2.75, 3.05) is 12.3 Å². The van der Waals surface area contributed by atoms with E-state index in [1.165, 1.54) is 12.8 Å². The number of halogens is 2. The van der Waals surface area contributed by atoms with Crippen LogP contribution < -0.4 is 10.5 Å². The third-order valence-electron chi connectivity index (χ3n) is 4.31. The first kappa shape index (κ1) is 14.3. The molecule has 1 unspecified atom stereocenters. The Hall–Kier alpha value is -0.640. The minimum Gasteiger partial charge on any atom is -0.488 e. The first-order valence-corrected chi connectivity index (χ1v) is 7.89. The largest absolute Gasteiger partial charge is 0.488 e. The second-order valence-corrected chi connectivity index (χ2v) is 6.59. The highest BCUT2D eigenvalue weighted by molar-refractivity contribution is 6.42. The predicted molar refractivity (Wildman–Crippen MR) is 81.7 cm³/mol. The number of benzene rings is 1. The zero-order valence-corrected chi connectivity index (χ0v) is 12.8. The second-order valence-electron chi connectivity index (χ2n) is 5.78. The van der Waals surface area contributed by atoms with Gasteiger partial charge >= 0.3 is 0 Å². The summed E-state index contributed by atoms with van der Waals surface area (Å²) >= 11 is 12.0. The average molecular weight is 316 g/mol. The molecule has 1 saturated carbocycles. The third kappa shape index (κ3) is 2.85. The Bertz CT molecular complexity index is 501. The summed E-state index contributed by atoms with van der Waals surface area (Å²) in [4.78, 5) is 0. The van der Waals surface area contributed by atoms with Crippen molar-refractivity contribution in [2.24, 2.45) is 0 Å². The lowest BCUT2D eigenvalue weighted by atomic mass is 9.90. The highest BCUT2D eigenvalue weighted by Crippen LogP contribution is 2.42. The summed E-state index contributed by atoms with van der Waals surface area (Å²) in [6, 6.07) is 3.35. The molecule has 0 aromatic heterocycles. The summed E-state index contributed by atoms with van der Waals surface area (Å²) in [7, 11) is 0. The van der Waals surface area contributed by atoms with Crippen LogP contribution in [0.3, 0.4) is 0 Å². The van der Waals surface area contributed by atoms with E-state index in [2.05, 4.69) is 0 Å². The van der Waals surface area contributed by atoms with Crippen LogP contribution in [0.1, 0.15) is 38.5 Å². The highest BCUT2D eigenvalue weighted by Gasteiger charge is 2.40. The smallest absolute Gasteiger partial charge is 0.144 e. The number of hydrogen-bond donors (Lipinski definition) is 1. The summed E-state index contributed by atoms with van der Waals surface area (Å²) in [6.45, 7) is 0.756. The number of nitrogens with two attached hydrogens (primary N) is 1. The standard InChI is InChI=1S/C15H19Cl2NO2/c16-11-7-13(18)14(8-12(11)17)20-10-3-6-19-15(9-10)4-1-2-5-15/h7-8,10H,1-6,9,18H2. The number of anilines is 1. The van der Waals surface area contributed by atoms with Gasteiger partial charge in [-0.05, 0) is 18.9 Å². The van der Waals surface area contributed by atoms with Gasteiger partial charge < -0.3 is 15.2 Å². The van der Waals surface area contributed by atoms with E-state index in [4.69, 9.17) is 38.4 Å². The topological polar surface area (TPSA) is 44.5 Å². The van der Waals surface area contributed by atoms with Crippen LogP contribution in [0.4, 0.5) is 5.69 Å². The molecule has 2 N–H and O–H groups in total. The van der Waals surface area contributed by atoms with Gasteiger partial charge in [-0.2, -0.15) is 0 Å². The first-order valence-electron chi connectivity index (χ1n) is 7.13. The monoisotopic (exact) mass is 315 g/mol. The van der Waals surface area contributed by atoms with E-state index in [0.717, 1.165) is 32.3 Å². The highest BCUT2D eigenvalue weighted by atomic mass is 35.5. The quantitative estimate of drug-likeness (QED) is 0.820. The van der Waals surface area contributed by atoms with Crippen LogP contribution >= 0.6 is 23.2 Å². The van der Waals surface area contributed by atoms with Crippen LogP contribution in [0.2, 0.25) is 10.0 Å². The molecule has 0 bridgehead atoms. The van der Waals surface area contributed by atoms with Gasteiger partial charge in [0.15, 0.2) is 0 Å². The van der Waals surface area contributed by atoms with Crippen LogP contribution in [-0.2, 0) is 4.74 Å². The molecule has 1 aromatic rings. The summed E-state index contributed by atoms with van der Waals surface area (Å²) in [5.41, 5.74) is 6.52. The molecular weight excluding hydrogens is 297 g/mol. The van der Waals surface area contributed by atoms with E-state index >= 15 is 0 Å². The van der Waals surface area contributed by atoms with Gasteiger partial charge in [0, 0.05) is 18.9 Å². The number of hydrogen-bond acceptors (Lipinski definition) is 3. The lowest BCUT2D eigenvalue weighted by Gasteiger charge is -2.38. The fourth-order valence-electron chi connectivity index (χ4n) is 3.28. The van der Waals surface area contributed by atoms with Crippen LogP contribution in [0.5, 0.6) is 5.75 Å². The van der Waals surface area contributed by atoms with Crippen molar-refractivity contribution in [3.8, 4) is 5.75 Å². The predicted octanol–water partition coefficient (Wildman–Crippen LogP) is 4.45. The maximum absolute atomic E-state index is 6.06. The Morgan fingerprint density at radius 3 is 2.65 bits per heavy atom. The second kappa shape index (κ2) is 5.63. The molecule has 1 aliphatic heterocycles.